The third kappa shape index (κ3) is 2.04. The Morgan fingerprint density at radius 3 is 2.75 bits per heavy atom. The van der Waals surface area contributed by atoms with E-state index in [-0.39, 0.29) is 5.82 Å². The van der Waals surface area contributed by atoms with Crippen molar-refractivity contribution >= 4 is 22.6 Å². The lowest BCUT2D eigenvalue weighted by atomic mass is 10.1. The molecule has 0 saturated heterocycles. The summed E-state index contributed by atoms with van der Waals surface area (Å²) in [6.45, 7) is 3.51. The van der Waals surface area contributed by atoms with E-state index in [0.29, 0.717) is 5.56 Å². The SMILES string of the molecule is C=CC(N)c1ccc(I)cc1F. The Morgan fingerprint density at radius 1 is 1.58 bits per heavy atom. The van der Waals surface area contributed by atoms with Gasteiger partial charge in [-0.2, -0.15) is 0 Å². The Labute approximate surface area is 84.6 Å². The normalized spacial score (nSPS) is 12.6. The van der Waals surface area contributed by atoms with Crippen LogP contribution in [0.5, 0.6) is 0 Å². The van der Waals surface area contributed by atoms with Crippen LogP contribution in [0, 0.1) is 9.39 Å². The van der Waals surface area contributed by atoms with E-state index >= 15 is 0 Å². The Balaban J connectivity index is 3.09. The van der Waals surface area contributed by atoms with Gasteiger partial charge >= 0.3 is 0 Å². The van der Waals surface area contributed by atoms with Gasteiger partial charge in [-0.1, -0.05) is 12.1 Å². The highest BCUT2D eigenvalue weighted by molar-refractivity contribution is 14.1. The molecule has 1 aromatic carbocycles. The summed E-state index contributed by atoms with van der Waals surface area (Å²) in [5.41, 5.74) is 6.08. The maximum atomic E-state index is 13.2. The summed E-state index contributed by atoms with van der Waals surface area (Å²) >= 11 is 2.05. The maximum Gasteiger partial charge on any atom is 0.129 e. The van der Waals surface area contributed by atoms with Crippen LogP contribution in [-0.4, -0.2) is 0 Å². The zero-order chi connectivity index (χ0) is 9.14. The van der Waals surface area contributed by atoms with Gasteiger partial charge in [0.1, 0.15) is 5.82 Å². The first-order valence-electron chi connectivity index (χ1n) is 3.48. The van der Waals surface area contributed by atoms with Crippen molar-refractivity contribution in [2.24, 2.45) is 5.73 Å². The van der Waals surface area contributed by atoms with Crippen LogP contribution in [0.1, 0.15) is 11.6 Å². The highest BCUT2D eigenvalue weighted by Crippen LogP contribution is 2.17. The number of nitrogens with two attached hydrogens (primary N) is 1. The van der Waals surface area contributed by atoms with Crippen molar-refractivity contribution in [1.29, 1.82) is 0 Å². The van der Waals surface area contributed by atoms with E-state index in [1.165, 1.54) is 12.1 Å². The van der Waals surface area contributed by atoms with Crippen LogP contribution in [0.3, 0.4) is 0 Å². The molecule has 0 bridgehead atoms. The predicted molar refractivity (Wildman–Crippen MR) is 56.2 cm³/mol. The molecule has 12 heavy (non-hydrogen) atoms. The first-order valence-corrected chi connectivity index (χ1v) is 4.56. The quantitative estimate of drug-likeness (QED) is 0.652. The van der Waals surface area contributed by atoms with Gasteiger partial charge in [0, 0.05) is 9.13 Å². The Bertz CT molecular complexity index is 299. The van der Waals surface area contributed by atoms with Crippen LogP contribution in [0.25, 0.3) is 0 Å². The minimum absolute atomic E-state index is 0.269. The van der Waals surface area contributed by atoms with Gasteiger partial charge in [-0.3, -0.25) is 0 Å². The second-order valence-corrected chi connectivity index (χ2v) is 3.67. The summed E-state index contributed by atoms with van der Waals surface area (Å²) in [5, 5.41) is 0. The number of halogens is 2. The second-order valence-electron chi connectivity index (χ2n) is 2.43. The molecule has 0 spiro atoms. The minimum atomic E-state index is -0.415. The molecule has 2 N–H and O–H groups in total. The molecule has 3 heteroatoms. The number of hydrogen-bond acceptors (Lipinski definition) is 1. The molecule has 1 aromatic rings. The molecule has 1 rings (SSSR count). The molecule has 0 aliphatic carbocycles. The van der Waals surface area contributed by atoms with E-state index in [1.54, 1.807) is 6.07 Å². The van der Waals surface area contributed by atoms with Crippen molar-refractivity contribution in [2.45, 2.75) is 6.04 Å². The lowest BCUT2D eigenvalue weighted by molar-refractivity contribution is 0.601. The number of benzene rings is 1. The molecule has 1 atom stereocenters. The van der Waals surface area contributed by atoms with Gasteiger partial charge in [-0.25, -0.2) is 4.39 Å². The maximum absolute atomic E-state index is 13.2. The van der Waals surface area contributed by atoms with Gasteiger partial charge in [0.25, 0.3) is 0 Å². The lowest BCUT2D eigenvalue weighted by Crippen LogP contribution is -2.08. The average Bonchev–Trinajstić information content (AvgIpc) is 2.03. The van der Waals surface area contributed by atoms with Gasteiger partial charge < -0.3 is 5.73 Å². The standard InChI is InChI=1S/C9H9FIN/c1-2-9(12)7-4-3-6(11)5-8(7)10/h2-5,9H,1,12H2. The van der Waals surface area contributed by atoms with E-state index < -0.39 is 6.04 Å². The average molecular weight is 277 g/mol. The van der Waals surface area contributed by atoms with Crippen LogP contribution < -0.4 is 5.73 Å². The van der Waals surface area contributed by atoms with Crippen molar-refractivity contribution in [3.05, 3.63) is 45.8 Å². The third-order valence-electron chi connectivity index (χ3n) is 1.58. The van der Waals surface area contributed by atoms with Crippen molar-refractivity contribution in [3.63, 3.8) is 0 Å². The van der Waals surface area contributed by atoms with Crippen molar-refractivity contribution < 1.29 is 4.39 Å². The molecule has 0 heterocycles. The van der Waals surface area contributed by atoms with Crippen LogP contribution >= 0.6 is 22.6 Å². The number of hydrogen-bond donors (Lipinski definition) is 1. The van der Waals surface area contributed by atoms with Gasteiger partial charge in [0.15, 0.2) is 0 Å². The summed E-state index contributed by atoms with van der Waals surface area (Å²) < 4.78 is 14.0. The third-order valence-corrected chi connectivity index (χ3v) is 2.25. The van der Waals surface area contributed by atoms with Crippen molar-refractivity contribution in [3.8, 4) is 0 Å². The zero-order valence-electron chi connectivity index (χ0n) is 6.43. The minimum Gasteiger partial charge on any atom is -0.321 e. The molecule has 0 amide bonds. The van der Waals surface area contributed by atoms with Crippen LogP contribution in [0.2, 0.25) is 0 Å². The highest BCUT2D eigenvalue weighted by Gasteiger charge is 2.07. The monoisotopic (exact) mass is 277 g/mol. The van der Waals surface area contributed by atoms with Crippen LogP contribution in [-0.2, 0) is 0 Å². The van der Waals surface area contributed by atoms with E-state index in [4.69, 9.17) is 5.73 Å². The predicted octanol–water partition coefficient (Wildman–Crippen LogP) is 2.62. The summed E-state index contributed by atoms with van der Waals surface area (Å²) in [7, 11) is 0. The Kier molecular flexibility index (Phi) is 3.22. The molecule has 64 valence electrons. The van der Waals surface area contributed by atoms with E-state index in [2.05, 4.69) is 29.2 Å². The first kappa shape index (κ1) is 9.67. The molecule has 0 aliphatic rings. The molecular weight excluding hydrogens is 268 g/mol. The fraction of sp³-hybridized carbons (Fsp3) is 0.111. The summed E-state index contributed by atoms with van der Waals surface area (Å²) in [6, 6.07) is 4.55. The lowest BCUT2D eigenvalue weighted by Gasteiger charge is -2.07. The molecule has 0 aromatic heterocycles. The zero-order valence-corrected chi connectivity index (χ0v) is 8.58. The molecule has 1 unspecified atom stereocenters. The molecule has 0 aliphatic heterocycles. The molecule has 0 saturated carbocycles. The first-order chi connectivity index (χ1) is 5.65. The molecule has 1 nitrogen and oxygen atoms in total. The van der Waals surface area contributed by atoms with Gasteiger partial charge in [0.2, 0.25) is 0 Å². The number of rotatable bonds is 2. The summed E-state index contributed by atoms with van der Waals surface area (Å²) in [5.74, 6) is -0.269. The van der Waals surface area contributed by atoms with Crippen molar-refractivity contribution in [1.82, 2.24) is 0 Å². The van der Waals surface area contributed by atoms with Crippen molar-refractivity contribution in [2.75, 3.05) is 0 Å². The van der Waals surface area contributed by atoms with E-state index in [0.717, 1.165) is 3.57 Å². The van der Waals surface area contributed by atoms with Gasteiger partial charge in [-0.15, -0.1) is 6.58 Å². The second kappa shape index (κ2) is 4.00. The molecular formula is C9H9FIN. The van der Waals surface area contributed by atoms with Gasteiger partial charge in [-0.05, 0) is 34.7 Å². The van der Waals surface area contributed by atoms with E-state index in [9.17, 15) is 4.39 Å². The summed E-state index contributed by atoms with van der Waals surface area (Å²) in [4.78, 5) is 0. The van der Waals surface area contributed by atoms with E-state index in [1.807, 2.05) is 6.07 Å². The molecule has 0 fully saturated rings. The largest absolute Gasteiger partial charge is 0.321 e. The topological polar surface area (TPSA) is 26.0 Å². The summed E-state index contributed by atoms with van der Waals surface area (Å²) in [6.07, 6.45) is 1.52. The highest BCUT2D eigenvalue weighted by atomic mass is 127. The van der Waals surface area contributed by atoms with Crippen LogP contribution in [0.15, 0.2) is 30.9 Å². The Hall–Kier alpha value is -0.420. The van der Waals surface area contributed by atoms with Crippen LogP contribution in [0.4, 0.5) is 4.39 Å². The molecule has 0 radical (unpaired) electrons. The van der Waals surface area contributed by atoms with Gasteiger partial charge in [0.05, 0.1) is 6.04 Å². The Morgan fingerprint density at radius 2 is 2.25 bits per heavy atom. The fourth-order valence-corrected chi connectivity index (χ4v) is 1.35. The smallest absolute Gasteiger partial charge is 0.129 e. The fourth-order valence-electron chi connectivity index (χ4n) is 0.899.